The van der Waals surface area contributed by atoms with E-state index in [0.717, 1.165) is 6.42 Å². The van der Waals surface area contributed by atoms with Gasteiger partial charge in [0, 0.05) is 0 Å². The van der Waals surface area contributed by atoms with Crippen LogP contribution >= 0.6 is 0 Å². The second-order valence-electron chi connectivity index (χ2n) is 4.11. The maximum Gasteiger partial charge on any atom is -0.00219 e. The Morgan fingerprint density at radius 1 is 1.07 bits per heavy atom. The molecule has 82 valence electrons. The first-order valence-electron chi connectivity index (χ1n) is 5.62. The maximum absolute atomic E-state index is 2.29. The Hall–Kier alpha value is -1.08. The molecule has 0 amide bonds. The smallest absolute Gasteiger partial charge is 0.00219 e. The van der Waals surface area contributed by atoms with Crippen LogP contribution in [0.5, 0.6) is 0 Å². The van der Waals surface area contributed by atoms with Gasteiger partial charge in [0.25, 0.3) is 0 Å². The Balaban J connectivity index is 2.12. The predicted molar refractivity (Wildman–Crippen MR) is 67.1 cm³/mol. The van der Waals surface area contributed by atoms with Crippen LogP contribution in [0.3, 0.4) is 0 Å². The minimum atomic E-state index is 1.06. The molecule has 0 fully saturated rings. The highest BCUT2D eigenvalue weighted by atomic mass is 15.0. The van der Waals surface area contributed by atoms with Crippen molar-refractivity contribution in [1.29, 1.82) is 0 Å². The summed E-state index contributed by atoms with van der Waals surface area (Å²) in [7, 11) is 4.24. The van der Waals surface area contributed by atoms with Gasteiger partial charge in [-0.3, -0.25) is 0 Å². The van der Waals surface area contributed by atoms with Crippen molar-refractivity contribution >= 4 is 0 Å². The maximum atomic E-state index is 2.29. The number of benzene rings is 1. The zero-order chi connectivity index (χ0) is 10.9. The molecule has 0 radical (unpaired) electrons. The molecule has 0 N–H and O–H groups in total. The minimum Gasteiger partial charge on any atom is -0.309 e. The molecule has 0 aliphatic rings. The SMILES string of the molecule is CN(C)CCCC=CCc1ccccc1. The molecule has 1 rings (SSSR count). The minimum absolute atomic E-state index is 1.06. The van der Waals surface area contributed by atoms with Gasteiger partial charge in [-0.15, -0.1) is 0 Å². The highest BCUT2D eigenvalue weighted by Crippen LogP contribution is 2.01. The van der Waals surface area contributed by atoms with Crippen LogP contribution in [0.1, 0.15) is 18.4 Å². The first kappa shape index (κ1) is 12.0. The number of unbranched alkanes of at least 4 members (excludes halogenated alkanes) is 1. The van der Waals surface area contributed by atoms with Crippen molar-refractivity contribution in [2.45, 2.75) is 19.3 Å². The van der Waals surface area contributed by atoms with Crippen molar-refractivity contribution in [2.24, 2.45) is 0 Å². The Morgan fingerprint density at radius 3 is 2.47 bits per heavy atom. The summed E-state index contributed by atoms with van der Waals surface area (Å²) in [5, 5.41) is 0. The molecule has 1 aromatic carbocycles. The van der Waals surface area contributed by atoms with Gasteiger partial charge in [0.2, 0.25) is 0 Å². The van der Waals surface area contributed by atoms with Crippen LogP contribution in [-0.2, 0) is 6.42 Å². The Morgan fingerprint density at radius 2 is 1.80 bits per heavy atom. The molecule has 0 atom stereocenters. The molecule has 0 bridgehead atoms. The van der Waals surface area contributed by atoms with Crippen LogP contribution in [0.25, 0.3) is 0 Å². The monoisotopic (exact) mass is 203 g/mol. The largest absolute Gasteiger partial charge is 0.309 e. The van der Waals surface area contributed by atoms with Crippen molar-refractivity contribution in [2.75, 3.05) is 20.6 Å². The zero-order valence-electron chi connectivity index (χ0n) is 9.82. The zero-order valence-corrected chi connectivity index (χ0v) is 9.82. The van der Waals surface area contributed by atoms with Crippen LogP contribution in [0, 0.1) is 0 Å². The summed E-state index contributed by atoms with van der Waals surface area (Å²) in [5.41, 5.74) is 1.39. The average Bonchev–Trinajstić information content (AvgIpc) is 2.24. The fraction of sp³-hybridized carbons (Fsp3) is 0.429. The van der Waals surface area contributed by atoms with E-state index in [4.69, 9.17) is 0 Å². The number of hydrogen-bond acceptors (Lipinski definition) is 1. The summed E-state index contributed by atoms with van der Waals surface area (Å²) in [4.78, 5) is 2.23. The highest BCUT2D eigenvalue weighted by Gasteiger charge is 1.88. The normalized spacial score (nSPS) is 11.4. The second-order valence-corrected chi connectivity index (χ2v) is 4.11. The summed E-state index contributed by atoms with van der Waals surface area (Å²) in [6.07, 6.45) is 8.05. The summed E-state index contributed by atoms with van der Waals surface area (Å²) < 4.78 is 0. The van der Waals surface area contributed by atoms with E-state index >= 15 is 0 Å². The molecule has 0 heterocycles. The molecule has 1 heteroatoms. The summed E-state index contributed by atoms with van der Waals surface area (Å²) in [5.74, 6) is 0. The average molecular weight is 203 g/mol. The van der Waals surface area contributed by atoms with Gasteiger partial charge in [-0.05, 0) is 45.5 Å². The molecule has 0 spiro atoms. The van der Waals surface area contributed by atoms with Crippen LogP contribution < -0.4 is 0 Å². The fourth-order valence-corrected chi connectivity index (χ4v) is 1.48. The van der Waals surface area contributed by atoms with E-state index in [-0.39, 0.29) is 0 Å². The molecule has 0 aliphatic carbocycles. The third-order valence-electron chi connectivity index (χ3n) is 2.34. The van der Waals surface area contributed by atoms with Crippen LogP contribution in [0.4, 0.5) is 0 Å². The predicted octanol–water partition coefficient (Wildman–Crippen LogP) is 3.13. The molecule has 1 nitrogen and oxygen atoms in total. The van der Waals surface area contributed by atoms with Crippen molar-refractivity contribution in [3.63, 3.8) is 0 Å². The number of nitrogens with zero attached hydrogens (tertiary/aromatic N) is 1. The Labute approximate surface area is 93.4 Å². The van der Waals surface area contributed by atoms with Crippen LogP contribution in [0.15, 0.2) is 42.5 Å². The highest BCUT2D eigenvalue weighted by molar-refractivity contribution is 5.17. The standard InChI is InChI=1S/C14H21N/c1-15(2)13-9-4-3-6-10-14-11-7-5-8-12-14/h3,5-8,11-12H,4,9-10,13H2,1-2H3. The van der Waals surface area contributed by atoms with Gasteiger partial charge in [0.05, 0.1) is 0 Å². The lowest BCUT2D eigenvalue weighted by Gasteiger charge is -2.06. The lowest BCUT2D eigenvalue weighted by Crippen LogP contribution is -2.12. The van der Waals surface area contributed by atoms with E-state index in [0.29, 0.717) is 0 Å². The Kier molecular flexibility index (Phi) is 5.79. The van der Waals surface area contributed by atoms with Gasteiger partial charge in [0.1, 0.15) is 0 Å². The molecular formula is C14H21N. The van der Waals surface area contributed by atoms with Gasteiger partial charge < -0.3 is 4.90 Å². The molecule has 0 aliphatic heterocycles. The first-order valence-corrected chi connectivity index (χ1v) is 5.62. The molecule has 0 aromatic heterocycles. The van der Waals surface area contributed by atoms with E-state index in [2.05, 4.69) is 61.5 Å². The molecule has 0 saturated carbocycles. The van der Waals surface area contributed by atoms with Gasteiger partial charge in [-0.25, -0.2) is 0 Å². The Bertz CT molecular complexity index is 275. The van der Waals surface area contributed by atoms with Gasteiger partial charge in [0.15, 0.2) is 0 Å². The third-order valence-corrected chi connectivity index (χ3v) is 2.34. The topological polar surface area (TPSA) is 3.24 Å². The van der Waals surface area contributed by atoms with Gasteiger partial charge >= 0.3 is 0 Å². The summed E-state index contributed by atoms with van der Waals surface area (Å²) >= 11 is 0. The molecule has 0 unspecified atom stereocenters. The van der Waals surface area contributed by atoms with Crippen LogP contribution in [-0.4, -0.2) is 25.5 Å². The number of hydrogen-bond donors (Lipinski definition) is 0. The van der Waals surface area contributed by atoms with Crippen molar-refractivity contribution in [3.8, 4) is 0 Å². The van der Waals surface area contributed by atoms with E-state index in [1.54, 1.807) is 0 Å². The fourth-order valence-electron chi connectivity index (χ4n) is 1.48. The van der Waals surface area contributed by atoms with Crippen molar-refractivity contribution in [1.82, 2.24) is 4.90 Å². The molecule has 1 aromatic rings. The van der Waals surface area contributed by atoms with Crippen molar-refractivity contribution in [3.05, 3.63) is 48.0 Å². The summed E-state index contributed by atoms with van der Waals surface area (Å²) in [6.45, 7) is 1.18. The quantitative estimate of drug-likeness (QED) is 0.507. The number of rotatable bonds is 6. The molecule has 0 saturated heterocycles. The number of allylic oxidation sites excluding steroid dienone is 2. The molecular weight excluding hydrogens is 182 g/mol. The van der Waals surface area contributed by atoms with E-state index in [1.165, 1.54) is 24.9 Å². The van der Waals surface area contributed by atoms with Crippen LogP contribution in [0.2, 0.25) is 0 Å². The van der Waals surface area contributed by atoms with Gasteiger partial charge in [-0.1, -0.05) is 42.5 Å². The summed E-state index contributed by atoms with van der Waals surface area (Å²) in [6, 6.07) is 10.6. The third kappa shape index (κ3) is 6.08. The first-order chi connectivity index (χ1) is 7.29. The van der Waals surface area contributed by atoms with Gasteiger partial charge in [-0.2, -0.15) is 0 Å². The van der Waals surface area contributed by atoms with E-state index in [9.17, 15) is 0 Å². The molecule has 15 heavy (non-hydrogen) atoms. The van der Waals surface area contributed by atoms with Crippen molar-refractivity contribution < 1.29 is 0 Å². The lowest BCUT2D eigenvalue weighted by atomic mass is 10.1. The van der Waals surface area contributed by atoms with E-state index < -0.39 is 0 Å². The van der Waals surface area contributed by atoms with E-state index in [1.807, 2.05) is 0 Å². The second kappa shape index (κ2) is 7.24. The lowest BCUT2D eigenvalue weighted by molar-refractivity contribution is 0.402.